The Hall–Kier alpha value is -2.68. The van der Waals surface area contributed by atoms with Crippen molar-refractivity contribution >= 4 is 10.9 Å². The third-order valence-corrected chi connectivity index (χ3v) is 5.42. The van der Waals surface area contributed by atoms with E-state index in [-0.39, 0.29) is 5.56 Å². The van der Waals surface area contributed by atoms with Gasteiger partial charge < -0.3 is 9.47 Å². The highest BCUT2D eigenvalue weighted by Gasteiger charge is 2.38. The minimum atomic E-state index is -0.550. The zero-order valence-electron chi connectivity index (χ0n) is 15.0. The standard InChI is InChI=1S/C22H20N2O3/c25-21-18-8-7-17(6-5-16-3-1-2-4-16)15-19(18)23-20-9-10-22(11-12-24(20)21)26-13-14-27-22/h1,3-4,7-8,15H,2,9-14H2. The fraction of sp³-hybridized carbons (Fsp3) is 0.364. The van der Waals surface area contributed by atoms with Crippen molar-refractivity contribution in [1.82, 2.24) is 9.55 Å². The average Bonchev–Trinajstić information content (AvgIpc) is 3.33. The monoisotopic (exact) mass is 360 g/mol. The Kier molecular flexibility index (Phi) is 3.96. The van der Waals surface area contributed by atoms with Crippen molar-refractivity contribution in [1.29, 1.82) is 0 Å². The highest BCUT2D eigenvalue weighted by atomic mass is 16.7. The third kappa shape index (κ3) is 3.01. The van der Waals surface area contributed by atoms with Crippen molar-refractivity contribution in [2.45, 2.75) is 38.0 Å². The number of aromatic nitrogens is 2. The molecule has 0 atom stereocenters. The molecular formula is C22H20N2O3. The lowest BCUT2D eigenvalue weighted by Gasteiger charge is -2.24. The first-order valence-corrected chi connectivity index (χ1v) is 9.43. The Morgan fingerprint density at radius 1 is 1.15 bits per heavy atom. The average molecular weight is 360 g/mol. The molecule has 1 aliphatic carbocycles. The summed E-state index contributed by atoms with van der Waals surface area (Å²) in [6.45, 7) is 1.81. The van der Waals surface area contributed by atoms with Gasteiger partial charge in [-0.3, -0.25) is 9.36 Å². The summed E-state index contributed by atoms with van der Waals surface area (Å²) in [7, 11) is 0. The molecular weight excluding hydrogens is 340 g/mol. The fourth-order valence-corrected chi connectivity index (χ4v) is 3.96. The van der Waals surface area contributed by atoms with E-state index in [0.29, 0.717) is 43.5 Å². The molecule has 2 aliphatic heterocycles. The van der Waals surface area contributed by atoms with E-state index in [4.69, 9.17) is 14.5 Å². The van der Waals surface area contributed by atoms with Gasteiger partial charge in [-0.1, -0.05) is 30.1 Å². The van der Waals surface area contributed by atoms with Crippen LogP contribution in [0.4, 0.5) is 0 Å². The van der Waals surface area contributed by atoms with Gasteiger partial charge in [-0.05, 0) is 24.6 Å². The summed E-state index contributed by atoms with van der Waals surface area (Å²) in [5.74, 6) is 6.59. The van der Waals surface area contributed by atoms with Crippen molar-refractivity contribution in [3.8, 4) is 11.8 Å². The summed E-state index contributed by atoms with van der Waals surface area (Å²) in [5.41, 5.74) is 2.62. The summed E-state index contributed by atoms with van der Waals surface area (Å²) in [6, 6.07) is 5.64. The Labute approximate surface area is 157 Å². The van der Waals surface area contributed by atoms with E-state index in [0.717, 1.165) is 29.8 Å². The number of benzene rings is 1. The molecule has 1 saturated heterocycles. The molecule has 5 nitrogen and oxygen atoms in total. The van der Waals surface area contributed by atoms with Crippen molar-refractivity contribution in [2.75, 3.05) is 13.2 Å². The van der Waals surface area contributed by atoms with Crippen LogP contribution in [0.1, 0.15) is 30.7 Å². The van der Waals surface area contributed by atoms with Crippen LogP contribution in [0.2, 0.25) is 0 Å². The van der Waals surface area contributed by atoms with Crippen LogP contribution in [-0.4, -0.2) is 28.6 Å². The van der Waals surface area contributed by atoms with Gasteiger partial charge in [0, 0.05) is 36.9 Å². The molecule has 3 heterocycles. The van der Waals surface area contributed by atoms with Gasteiger partial charge in [0.15, 0.2) is 5.79 Å². The van der Waals surface area contributed by atoms with Gasteiger partial charge in [0.05, 0.1) is 24.1 Å². The fourth-order valence-electron chi connectivity index (χ4n) is 3.96. The second-order valence-electron chi connectivity index (χ2n) is 7.12. The second-order valence-corrected chi connectivity index (χ2v) is 7.12. The molecule has 3 aliphatic rings. The third-order valence-electron chi connectivity index (χ3n) is 5.42. The van der Waals surface area contributed by atoms with E-state index in [9.17, 15) is 4.79 Å². The quantitative estimate of drug-likeness (QED) is 0.678. The molecule has 0 amide bonds. The molecule has 1 fully saturated rings. The van der Waals surface area contributed by atoms with E-state index in [2.05, 4.69) is 24.0 Å². The Bertz CT molecular complexity index is 1090. The minimum absolute atomic E-state index is 0.00555. The maximum atomic E-state index is 13.0. The second kappa shape index (κ2) is 6.49. The molecule has 0 saturated carbocycles. The molecule has 0 N–H and O–H groups in total. The highest BCUT2D eigenvalue weighted by molar-refractivity contribution is 5.79. The first kappa shape index (κ1) is 16.5. The van der Waals surface area contributed by atoms with E-state index in [1.165, 1.54) is 0 Å². The molecule has 1 aromatic carbocycles. The Morgan fingerprint density at radius 2 is 2.04 bits per heavy atom. The SMILES string of the molecule is O=c1c2ccc(C#CC3=CCC=C3)cc2nc2n1CCC1(CC2)OCCO1. The predicted octanol–water partition coefficient (Wildman–Crippen LogP) is 2.71. The van der Waals surface area contributed by atoms with Crippen LogP contribution < -0.4 is 5.56 Å². The smallest absolute Gasteiger partial charge is 0.261 e. The lowest BCUT2D eigenvalue weighted by molar-refractivity contribution is -0.165. The van der Waals surface area contributed by atoms with Crippen LogP contribution in [0.5, 0.6) is 0 Å². The molecule has 136 valence electrons. The van der Waals surface area contributed by atoms with Gasteiger partial charge >= 0.3 is 0 Å². The Balaban J connectivity index is 1.52. The van der Waals surface area contributed by atoms with Crippen molar-refractivity contribution in [3.05, 3.63) is 63.7 Å². The van der Waals surface area contributed by atoms with Crippen LogP contribution in [-0.2, 0) is 22.4 Å². The number of aryl methyl sites for hydroxylation is 1. The predicted molar refractivity (Wildman–Crippen MR) is 102 cm³/mol. The number of rotatable bonds is 0. The number of ether oxygens (including phenoxy) is 2. The lowest BCUT2D eigenvalue weighted by Crippen LogP contribution is -2.31. The molecule has 27 heavy (non-hydrogen) atoms. The first-order chi connectivity index (χ1) is 13.2. The molecule has 1 aromatic heterocycles. The minimum Gasteiger partial charge on any atom is -0.347 e. The lowest BCUT2D eigenvalue weighted by atomic mass is 10.1. The molecule has 0 bridgehead atoms. The molecule has 5 rings (SSSR count). The largest absolute Gasteiger partial charge is 0.347 e. The molecule has 0 unspecified atom stereocenters. The van der Waals surface area contributed by atoms with Crippen LogP contribution in [0, 0.1) is 11.8 Å². The topological polar surface area (TPSA) is 53.4 Å². The van der Waals surface area contributed by atoms with E-state index < -0.39 is 5.79 Å². The van der Waals surface area contributed by atoms with Crippen LogP contribution >= 0.6 is 0 Å². The first-order valence-electron chi connectivity index (χ1n) is 9.43. The van der Waals surface area contributed by atoms with Crippen LogP contribution in [0.3, 0.4) is 0 Å². The van der Waals surface area contributed by atoms with E-state index in [1.54, 1.807) is 4.57 Å². The number of hydrogen-bond acceptors (Lipinski definition) is 4. The van der Waals surface area contributed by atoms with Crippen molar-refractivity contribution in [2.24, 2.45) is 0 Å². The zero-order chi connectivity index (χ0) is 18.3. The highest BCUT2D eigenvalue weighted by Crippen LogP contribution is 2.31. The summed E-state index contributed by atoms with van der Waals surface area (Å²) in [6.07, 6.45) is 9.24. The zero-order valence-corrected chi connectivity index (χ0v) is 15.0. The summed E-state index contributed by atoms with van der Waals surface area (Å²) in [4.78, 5) is 17.8. The molecule has 2 aromatic rings. The Morgan fingerprint density at radius 3 is 2.85 bits per heavy atom. The van der Waals surface area contributed by atoms with Crippen LogP contribution in [0.25, 0.3) is 10.9 Å². The number of hydrogen-bond donors (Lipinski definition) is 0. The maximum absolute atomic E-state index is 13.0. The summed E-state index contributed by atoms with van der Waals surface area (Å²) >= 11 is 0. The van der Waals surface area contributed by atoms with Crippen molar-refractivity contribution in [3.63, 3.8) is 0 Å². The normalized spacial score (nSPS) is 20.2. The maximum Gasteiger partial charge on any atom is 0.261 e. The number of nitrogens with zero attached hydrogens (tertiary/aromatic N) is 2. The van der Waals surface area contributed by atoms with Crippen LogP contribution in [0.15, 0.2) is 46.8 Å². The van der Waals surface area contributed by atoms with Gasteiger partial charge in [-0.25, -0.2) is 4.98 Å². The number of allylic oxidation sites excluding steroid dienone is 4. The number of fused-ring (bicyclic) bond motifs is 2. The van der Waals surface area contributed by atoms with E-state index in [1.807, 2.05) is 24.3 Å². The summed E-state index contributed by atoms with van der Waals surface area (Å²) < 4.78 is 13.5. The molecule has 1 spiro atoms. The molecule has 0 radical (unpaired) electrons. The van der Waals surface area contributed by atoms with Gasteiger partial charge in [-0.15, -0.1) is 0 Å². The van der Waals surface area contributed by atoms with Gasteiger partial charge in [0.1, 0.15) is 5.82 Å². The summed E-state index contributed by atoms with van der Waals surface area (Å²) in [5, 5.41) is 0.633. The van der Waals surface area contributed by atoms with Gasteiger partial charge in [0.25, 0.3) is 5.56 Å². The van der Waals surface area contributed by atoms with Gasteiger partial charge in [0.2, 0.25) is 0 Å². The van der Waals surface area contributed by atoms with E-state index >= 15 is 0 Å². The molecule has 5 heteroatoms. The van der Waals surface area contributed by atoms with Crippen molar-refractivity contribution < 1.29 is 9.47 Å². The van der Waals surface area contributed by atoms with Gasteiger partial charge in [-0.2, -0.15) is 0 Å².